The summed E-state index contributed by atoms with van der Waals surface area (Å²) in [6.07, 6.45) is 4.59. The van der Waals surface area contributed by atoms with Crippen molar-refractivity contribution in [3.8, 4) is 0 Å². The van der Waals surface area contributed by atoms with Gasteiger partial charge in [0, 0.05) is 23.1 Å². The first-order valence-corrected chi connectivity index (χ1v) is 9.00. The average Bonchev–Trinajstić information content (AvgIpc) is 2.74. The van der Waals surface area contributed by atoms with Crippen LogP contribution < -0.4 is 0 Å². The van der Waals surface area contributed by atoms with E-state index in [0.717, 1.165) is 54.4 Å². The van der Waals surface area contributed by atoms with Gasteiger partial charge in [-0.05, 0) is 50.8 Å². The number of aliphatic hydroxyl groups is 1. The molecule has 0 unspecified atom stereocenters. The van der Waals surface area contributed by atoms with Crippen LogP contribution in [0.25, 0.3) is 10.9 Å². The Morgan fingerprint density at radius 2 is 2.04 bits per heavy atom. The summed E-state index contributed by atoms with van der Waals surface area (Å²) in [6.45, 7) is 7.08. The number of carbonyl (C=O) groups is 1. The van der Waals surface area contributed by atoms with E-state index in [1.165, 1.54) is 11.1 Å². The fraction of sp³-hybridized carbons (Fsp3) is 0.550. The normalized spacial score (nSPS) is 18.8. The first-order valence-electron chi connectivity index (χ1n) is 9.00. The number of H-pyrrole nitrogens is 1. The van der Waals surface area contributed by atoms with Crippen LogP contribution in [0.15, 0.2) is 12.1 Å². The van der Waals surface area contributed by atoms with Gasteiger partial charge in [0.1, 0.15) is 0 Å². The molecule has 2 heterocycles. The number of hydrogen-bond donors (Lipinski definition) is 2. The van der Waals surface area contributed by atoms with E-state index in [-0.39, 0.29) is 18.6 Å². The van der Waals surface area contributed by atoms with Gasteiger partial charge in [-0.2, -0.15) is 0 Å². The van der Waals surface area contributed by atoms with E-state index in [4.69, 9.17) is 0 Å². The number of aryl methyl sites for hydroxylation is 3. The zero-order valence-corrected chi connectivity index (χ0v) is 15.0. The Labute approximate surface area is 143 Å². The van der Waals surface area contributed by atoms with Crippen LogP contribution in [0.2, 0.25) is 0 Å². The van der Waals surface area contributed by atoms with Crippen molar-refractivity contribution in [3.05, 3.63) is 34.5 Å². The Morgan fingerprint density at radius 1 is 1.25 bits per heavy atom. The second kappa shape index (κ2) is 6.98. The van der Waals surface area contributed by atoms with E-state index in [2.05, 4.69) is 31.0 Å². The molecular formula is C20H28N2O2. The van der Waals surface area contributed by atoms with E-state index >= 15 is 0 Å². The molecule has 1 aliphatic rings. The number of aliphatic hydroxyl groups excluding tert-OH is 1. The fourth-order valence-electron chi connectivity index (χ4n) is 4.01. The van der Waals surface area contributed by atoms with Crippen molar-refractivity contribution in [1.82, 2.24) is 9.88 Å². The van der Waals surface area contributed by atoms with Crippen LogP contribution in [0.5, 0.6) is 0 Å². The number of likely N-dealkylation sites (tertiary alicyclic amines) is 1. The number of fused-ring (bicyclic) bond motifs is 1. The molecule has 1 aromatic carbocycles. The van der Waals surface area contributed by atoms with Crippen molar-refractivity contribution >= 4 is 16.8 Å². The van der Waals surface area contributed by atoms with Gasteiger partial charge >= 0.3 is 0 Å². The lowest BCUT2D eigenvalue weighted by atomic mass is 10.0. The van der Waals surface area contributed by atoms with Crippen LogP contribution in [-0.2, 0) is 11.2 Å². The second-order valence-electron chi connectivity index (χ2n) is 7.18. The molecular weight excluding hydrogens is 300 g/mol. The zero-order valence-electron chi connectivity index (χ0n) is 15.0. The summed E-state index contributed by atoms with van der Waals surface area (Å²) < 4.78 is 0. The van der Waals surface area contributed by atoms with Crippen molar-refractivity contribution in [2.24, 2.45) is 0 Å². The molecule has 4 nitrogen and oxygen atoms in total. The smallest absolute Gasteiger partial charge is 0.227 e. The van der Waals surface area contributed by atoms with Crippen LogP contribution in [0, 0.1) is 20.8 Å². The number of hydrogen-bond acceptors (Lipinski definition) is 2. The molecule has 2 N–H and O–H groups in total. The van der Waals surface area contributed by atoms with E-state index in [1.54, 1.807) is 0 Å². The topological polar surface area (TPSA) is 56.3 Å². The van der Waals surface area contributed by atoms with Gasteiger partial charge in [0.25, 0.3) is 0 Å². The summed E-state index contributed by atoms with van der Waals surface area (Å²) in [5.41, 5.74) is 5.74. The summed E-state index contributed by atoms with van der Waals surface area (Å²) in [5.74, 6) is 0.138. The van der Waals surface area contributed by atoms with Crippen LogP contribution in [0.1, 0.15) is 48.1 Å². The highest BCUT2D eigenvalue weighted by atomic mass is 16.3. The third-order valence-electron chi connectivity index (χ3n) is 5.31. The minimum absolute atomic E-state index is 0.0195. The molecule has 1 aliphatic heterocycles. The van der Waals surface area contributed by atoms with Crippen LogP contribution in [-0.4, -0.2) is 40.1 Å². The lowest BCUT2D eigenvalue weighted by Gasteiger charge is -2.28. The molecule has 0 spiro atoms. The predicted molar refractivity (Wildman–Crippen MR) is 97.3 cm³/mol. The van der Waals surface area contributed by atoms with Gasteiger partial charge in [0.15, 0.2) is 0 Å². The van der Waals surface area contributed by atoms with Gasteiger partial charge in [-0.15, -0.1) is 0 Å². The maximum atomic E-state index is 13.0. The van der Waals surface area contributed by atoms with Gasteiger partial charge in [-0.1, -0.05) is 24.5 Å². The van der Waals surface area contributed by atoms with Gasteiger partial charge in [0.05, 0.1) is 19.1 Å². The Balaban J connectivity index is 1.91. The van der Waals surface area contributed by atoms with Crippen LogP contribution in [0.4, 0.5) is 0 Å². The van der Waals surface area contributed by atoms with E-state index in [9.17, 15) is 9.90 Å². The van der Waals surface area contributed by atoms with Gasteiger partial charge in [-0.3, -0.25) is 4.79 Å². The molecule has 2 aromatic rings. The number of rotatable bonds is 3. The monoisotopic (exact) mass is 328 g/mol. The van der Waals surface area contributed by atoms with E-state index < -0.39 is 0 Å². The molecule has 1 amide bonds. The lowest BCUT2D eigenvalue weighted by molar-refractivity contribution is -0.133. The van der Waals surface area contributed by atoms with Crippen molar-refractivity contribution in [1.29, 1.82) is 0 Å². The largest absolute Gasteiger partial charge is 0.394 e. The Bertz CT molecular complexity index is 748. The fourth-order valence-corrected chi connectivity index (χ4v) is 4.01. The molecule has 0 saturated carbocycles. The highest BCUT2D eigenvalue weighted by molar-refractivity contribution is 5.92. The van der Waals surface area contributed by atoms with E-state index in [1.807, 2.05) is 11.8 Å². The van der Waals surface area contributed by atoms with Crippen molar-refractivity contribution < 1.29 is 9.90 Å². The highest BCUT2D eigenvalue weighted by Crippen LogP contribution is 2.28. The standard InChI is InChI=1S/C20H28N2O2/c1-13-9-14(2)20-18(10-13)17(15(3)21-20)11-19(24)22-8-6-4-5-7-16(22)12-23/h9-10,16,21,23H,4-8,11-12H2,1-3H3/t16-/m1/s1. The first-order chi connectivity index (χ1) is 11.5. The maximum absolute atomic E-state index is 13.0. The number of carbonyl (C=O) groups excluding carboxylic acids is 1. The van der Waals surface area contributed by atoms with Crippen LogP contribution >= 0.6 is 0 Å². The molecule has 4 heteroatoms. The number of aromatic amines is 1. The molecule has 130 valence electrons. The third kappa shape index (κ3) is 3.20. The summed E-state index contributed by atoms with van der Waals surface area (Å²) in [5, 5.41) is 10.8. The number of aromatic nitrogens is 1. The molecule has 1 aromatic heterocycles. The quantitative estimate of drug-likeness (QED) is 0.907. The Hall–Kier alpha value is -1.81. The number of benzene rings is 1. The Kier molecular flexibility index (Phi) is 4.95. The molecule has 0 aliphatic carbocycles. The minimum atomic E-state index is -0.0195. The Morgan fingerprint density at radius 3 is 2.79 bits per heavy atom. The first kappa shape index (κ1) is 17.0. The van der Waals surface area contributed by atoms with Gasteiger partial charge in [-0.25, -0.2) is 0 Å². The molecule has 0 radical (unpaired) electrons. The summed E-state index contributed by atoms with van der Waals surface area (Å²) >= 11 is 0. The van der Waals surface area contributed by atoms with Crippen molar-refractivity contribution in [2.75, 3.05) is 13.2 Å². The lowest BCUT2D eigenvalue weighted by Crippen LogP contribution is -2.42. The summed E-state index contributed by atoms with van der Waals surface area (Å²) in [7, 11) is 0. The van der Waals surface area contributed by atoms with Gasteiger partial charge in [0.2, 0.25) is 5.91 Å². The average molecular weight is 328 g/mol. The number of amides is 1. The second-order valence-corrected chi connectivity index (χ2v) is 7.18. The zero-order chi connectivity index (χ0) is 17.3. The van der Waals surface area contributed by atoms with Gasteiger partial charge < -0.3 is 15.0 Å². The summed E-state index contributed by atoms with van der Waals surface area (Å²) in [4.78, 5) is 18.3. The molecule has 1 fully saturated rings. The van der Waals surface area contributed by atoms with Crippen molar-refractivity contribution in [3.63, 3.8) is 0 Å². The summed E-state index contributed by atoms with van der Waals surface area (Å²) in [6, 6.07) is 4.31. The number of nitrogens with one attached hydrogen (secondary N) is 1. The SMILES string of the molecule is Cc1cc(C)c2[nH]c(C)c(CC(=O)N3CCCCC[C@@H]3CO)c2c1. The van der Waals surface area contributed by atoms with Crippen molar-refractivity contribution in [2.45, 2.75) is 58.9 Å². The molecule has 1 saturated heterocycles. The highest BCUT2D eigenvalue weighted by Gasteiger charge is 2.26. The minimum Gasteiger partial charge on any atom is -0.394 e. The molecule has 24 heavy (non-hydrogen) atoms. The van der Waals surface area contributed by atoms with Crippen LogP contribution in [0.3, 0.4) is 0 Å². The van der Waals surface area contributed by atoms with E-state index in [0.29, 0.717) is 6.42 Å². The molecule has 3 rings (SSSR count). The predicted octanol–water partition coefficient (Wildman–Crippen LogP) is 3.40. The maximum Gasteiger partial charge on any atom is 0.227 e. The third-order valence-corrected chi connectivity index (χ3v) is 5.31. The molecule has 0 bridgehead atoms. The molecule has 1 atom stereocenters. The number of nitrogens with zero attached hydrogens (tertiary/aromatic N) is 1.